The topological polar surface area (TPSA) is 77.6 Å². The van der Waals surface area contributed by atoms with E-state index in [0.717, 1.165) is 28.8 Å². The van der Waals surface area contributed by atoms with E-state index in [-0.39, 0.29) is 5.92 Å². The Morgan fingerprint density at radius 3 is 2.26 bits per heavy atom. The Labute approximate surface area is 111 Å². The summed E-state index contributed by atoms with van der Waals surface area (Å²) in [5.41, 5.74) is 9.94. The number of nitrogens with two attached hydrogens (primary N) is 1. The van der Waals surface area contributed by atoms with Crippen LogP contribution < -0.4 is 5.73 Å². The van der Waals surface area contributed by atoms with Gasteiger partial charge in [-0.05, 0) is 23.6 Å². The first-order valence-electron chi connectivity index (χ1n) is 6.01. The first-order chi connectivity index (χ1) is 9.33. The van der Waals surface area contributed by atoms with Crippen molar-refractivity contribution in [1.82, 2.24) is 19.9 Å². The van der Waals surface area contributed by atoms with Crippen molar-refractivity contribution in [3.63, 3.8) is 0 Å². The highest BCUT2D eigenvalue weighted by molar-refractivity contribution is 5.69. The molecule has 3 rings (SSSR count). The van der Waals surface area contributed by atoms with Gasteiger partial charge in [0.15, 0.2) is 0 Å². The molecule has 2 heterocycles. The van der Waals surface area contributed by atoms with Crippen LogP contribution in [0.1, 0.15) is 23.5 Å². The van der Waals surface area contributed by atoms with Gasteiger partial charge < -0.3 is 5.73 Å². The minimum atomic E-state index is 0.196. The Balaban J connectivity index is 1.92. The molecule has 0 amide bonds. The molecule has 1 aliphatic carbocycles. The molecule has 0 spiro atoms. The molecule has 1 aliphatic rings. The second-order valence-electron chi connectivity index (χ2n) is 4.45. The average Bonchev–Trinajstić information content (AvgIpc) is 2.48. The van der Waals surface area contributed by atoms with Crippen LogP contribution >= 0.6 is 0 Å². The molecular weight excluding hydrogens is 238 g/mol. The maximum atomic E-state index is 5.99. The number of aromatic nitrogens is 4. The molecule has 5 heteroatoms. The normalized spacial score (nSPS) is 18.6. The minimum Gasteiger partial charge on any atom is -0.399 e. The summed E-state index contributed by atoms with van der Waals surface area (Å²) in [4.78, 5) is 16.2. The first kappa shape index (κ1) is 11.5. The number of nitrogens with zero attached hydrogens (tertiary/aromatic N) is 4. The molecule has 0 fully saturated rings. The molecule has 2 N–H and O–H groups in total. The summed E-state index contributed by atoms with van der Waals surface area (Å²) in [6.45, 7) is 0. The predicted octanol–water partition coefficient (Wildman–Crippen LogP) is 1.68. The van der Waals surface area contributed by atoms with E-state index in [4.69, 9.17) is 5.73 Å². The molecule has 94 valence electrons. The zero-order valence-corrected chi connectivity index (χ0v) is 10.3. The molecule has 5 nitrogen and oxygen atoms in total. The standard InChI is InChI=1S/C14H13N5/c15-14-2-10(12-4-16-8-17-5-12)1-11(3-14)13-6-18-9-19-7-13/h2-10H,1,15H2. The van der Waals surface area contributed by atoms with Gasteiger partial charge in [-0.15, -0.1) is 0 Å². The van der Waals surface area contributed by atoms with Crippen LogP contribution in [0, 0.1) is 0 Å². The van der Waals surface area contributed by atoms with Crippen molar-refractivity contribution >= 4 is 5.57 Å². The summed E-state index contributed by atoms with van der Waals surface area (Å²) in [5, 5.41) is 0. The molecule has 1 unspecified atom stereocenters. The number of hydrogen-bond donors (Lipinski definition) is 1. The molecular formula is C14H13N5. The van der Waals surface area contributed by atoms with Gasteiger partial charge in [0.05, 0.1) is 0 Å². The van der Waals surface area contributed by atoms with Crippen molar-refractivity contribution in [3.05, 3.63) is 66.4 Å². The Kier molecular flexibility index (Phi) is 3.02. The summed E-state index contributed by atoms with van der Waals surface area (Å²) in [6, 6.07) is 0. The van der Waals surface area contributed by atoms with E-state index in [1.165, 1.54) is 12.7 Å². The Hall–Kier alpha value is -2.56. The summed E-state index contributed by atoms with van der Waals surface area (Å²) in [5.74, 6) is 0.196. The lowest BCUT2D eigenvalue weighted by atomic mass is 9.86. The highest BCUT2D eigenvalue weighted by Gasteiger charge is 2.18. The maximum absolute atomic E-state index is 5.99. The van der Waals surface area contributed by atoms with Gasteiger partial charge in [0.2, 0.25) is 0 Å². The third-order valence-electron chi connectivity index (χ3n) is 3.11. The highest BCUT2D eigenvalue weighted by atomic mass is 14.8. The smallest absolute Gasteiger partial charge is 0.115 e. The second kappa shape index (κ2) is 4.97. The summed E-state index contributed by atoms with van der Waals surface area (Å²) in [6.07, 6.45) is 15.2. The van der Waals surface area contributed by atoms with Gasteiger partial charge in [-0.1, -0.05) is 6.08 Å². The van der Waals surface area contributed by atoms with Crippen molar-refractivity contribution in [2.75, 3.05) is 0 Å². The number of hydrogen-bond acceptors (Lipinski definition) is 5. The quantitative estimate of drug-likeness (QED) is 0.878. The largest absolute Gasteiger partial charge is 0.399 e. The van der Waals surface area contributed by atoms with Crippen LogP contribution in [0.3, 0.4) is 0 Å². The van der Waals surface area contributed by atoms with Gasteiger partial charge in [-0.2, -0.15) is 0 Å². The monoisotopic (exact) mass is 251 g/mol. The van der Waals surface area contributed by atoms with Gasteiger partial charge in [0.25, 0.3) is 0 Å². The average molecular weight is 251 g/mol. The molecule has 0 saturated heterocycles. The molecule has 0 aromatic carbocycles. The van der Waals surface area contributed by atoms with Crippen LogP contribution in [0.4, 0.5) is 0 Å². The lowest BCUT2D eigenvalue weighted by molar-refractivity contribution is 0.836. The van der Waals surface area contributed by atoms with Crippen LogP contribution in [0.15, 0.2) is 55.3 Å². The van der Waals surface area contributed by atoms with E-state index in [1.807, 2.05) is 24.5 Å². The SMILES string of the molecule is NC1=CC(c2cncnc2)CC(c2cncnc2)=C1. The Morgan fingerprint density at radius 2 is 1.58 bits per heavy atom. The van der Waals surface area contributed by atoms with Gasteiger partial charge in [-0.3, -0.25) is 0 Å². The van der Waals surface area contributed by atoms with Crippen LogP contribution in [-0.4, -0.2) is 19.9 Å². The van der Waals surface area contributed by atoms with Gasteiger partial charge >= 0.3 is 0 Å². The highest BCUT2D eigenvalue weighted by Crippen LogP contribution is 2.33. The third-order valence-corrected chi connectivity index (χ3v) is 3.11. The Morgan fingerprint density at radius 1 is 0.947 bits per heavy atom. The molecule has 0 saturated carbocycles. The predicted molar refractivity (Wildman–Crippen MR) is 71.7 cm³/mol. The lowest BCUT2D eigenvalue weighted by Gasteiger charge is -2.20. The van der Waals surface area contributed by atoms with Crippen molar-refractivity contribution in [2.24, 2.45) is 5.73 Å². The van der Waals surface area contributed by atoms with Crippen LogP contribution in [0.5, 0.6) is 0 Å². The van der Waals surface area contributed by atoms with Crippen molar-refractivity contribution < 1.29 is 0 Å². The van der Waals surface area contributed by atoms with Crippen LogP contribution in [0.2, 0.25) is 0 Å². The van der Waals surface area contributed by atoms with Crippen LogP contribution in [-0.2, 0) is 0 Å². The molecule has 2 aromatic rings. The van der Waals surface area contributed by atoms with Crippen molar-refractivity contribution in [1.29, 1.82) is 0 Å². The van der Waals surface area contributed by atoms with Gasteiger partial charge in [-0.25, -0.2) is 19.9 Å². The van der Waals surface area contributed by atoms with E-state index in [0.29, 0.717) is 0 Å². The van der Waals surface area contributed by atoms with E-state index in [1.54, 1.807) is 12.4 Å². The fourth-order valence-corrected chi connectivity index (χ4v) is 2.22. The molecule has 19 heavy (non-hydrogen) atoms. The van der Waals surface area contributed by atoms with Crippen LogP contribution in [0.25, 0.3) is 5.57 Å². The van der Waals surface area contributed by atoms with E-state index in [9.17, 15) is 0 Å². The van der Waals surface area contributed by atoms with Crippen molar-refractivity contribution in [3.8, 4) is 0 Å². The van der Waals surface area contributed by atoms with Crippen molar-refractivity contribution in [2.45, 2.75) is 12.3 Å². The molecule has 0 bridgehead atoms. The third kappa shape index (κ3) is 2.49. The minimum absolute atomic E-state index is 0.196. The summed E-state index contributed by atoms with van der Waals surface area (Å²) < 4.78 is 0. The first-order valence-corrected chi connectivity index (χ1v) is 6.01. The molecule has 0 aliphatic heterocycles. The van der Waals surface area contributed by atoms with E-state index in [2.05, 4.69) is 19.9 Å². The van der Waals surface area contributed by atoms with Gasteiger partial charge in [0.1, 0.15) is 12.7 Å². The number of allylic oxidation sites excluding steroid dienone is 3. The Bertz CT molecular complexity index is 619. The molecule has 1 atom stereocenters. The fraction of sp³-hybridized carbons (Fsp3) is 0.143. The fourth-order valence-electron chi connectivity index (χ4n) is 2.22. The maximum Gasteiger partial charge on any atom is 0.115 e. The number of rotatable bonds is 2. The zero-order chi connectivity index (χ0) is 13.1. The summed E-state index contributed by atoms with van der Waals surface area (Å²) >= 11 is 0. The lowest BCUT2D eigenvalue weighted by Crippen LogP contribution is -2.08. The molecule has 0 radical (unpaired) electrons. The zero-order valence-electron chi connectivity index (χ0n) is 10.3. The van der Waals surface area contributed by atoms with E-state index < -0.39 is 0 Å². The molecule has 2 aromatic heterocycles. The van der Waals surface area contributed by atoms with E-state index >= 15 is 0 Å². The van der Waals surface area contributed by atoms with Gasteiger partial charge in [0, 0.05) is 42.0 Å². The second-order valence-corrected chi connectivity index (χ2v) is 4.45. The summed E-state index contributed by atoms with van der Waals surface area (Å²) in [7, 11) is 0.